The van der Waals surface area contributed by atoms with Crippen molar-refractivity contribution in [3.05, 3.63) is 71.5 Å². The van der Waals surface area contributed by atoms with Crippen LogP contribution in [0.1, 0.15) is 21.6 Å². The number of amides is 1. The molecule has 0 atom stereocenters. The Bertz CT molecular complexity index is 904. The molecule has 26 heavy (non-hydrogen) atoms. The molecular formula is C20H21N3O3. The van der Waals surface area contributed by atoms with Crippen LogP contribution in [0.3, 0.4) is 0 Å². The van der Waals surface area contributed by atoms with E-state index >= 15 is 0 Å². The van der Waals surface area contributed by atoms with Gasteiger partial charge in [-0.2, -0.15) is 5.10 Å². The zero-order chi connectivity index (χ0) is 18.5. The predicted octanol–water partition coefficient (Wildman–Crippen LogP) is 3.13. The van der Waals surface area contributed by atoms with Crippen LogP contribution in [0.2, 0.25) is 0 Å². The lowest BCUT2D eigenvalue weighted by molar-refractivity contribution is 0.0950. The lowest BCUT2D eigenvalue weighted by Crippen LogP contribution is -2.23. The average Bonchev–Trinajstić information content (AvgIpc) is 3.07. The van der Waals surface area contributed by atoms with Gasteiger partial charge in [0, 0.05) is 12.1 Å². The number of aromatic nitrogens is 2. The number of hydrogen-bond acceptors (Lipinski definition) is 4. The van der Waals surface area contributed by atoms with Crippen LogP contribution in [-0.2, 0) is 6.54 Å². The van der Waals surface area contributed by atoms with Crippen LogP contribution in [0.25, 0.3) is 5.69 Å². The summed E-state index contributed by atoms with van der Waals surface area (Å²) in [5.41, 5.74) is 3.08. The number of para-hydroxylation sites is 2. The second-order valence-electron chi connectivity index (χ2n) is 5.73. The minimum atomic E-state index is -0.186. The van der Waals surface area contributed by atoms with Crippen molar-refractivity contribution in [3.63, 3.8) is 0 Å². The molecule has 0 unspecified atom stereocenters. The number of nitrogens with zero attached hydrogens (tertiary/aromatic N) is 2. The van der Waals surface area contributed by atoms with Crippen LogP contribution < -0.4 is 14.8 Å². The molecular weight excluding hydrogens is 330 g/mol. The van der Waals surface area contributed by atoms with E-state index < -0.39 is 0 Å². The molecule has 6 nitrogen and oxygen atoms in total. The third-order valence-electron chi connectivity index (χ3n) is 4.18. The van der Waals surface area contributed by atoms with Crippen molar-refractivity contribution < 1.29 is 14.3 Å². The zero-order valence-corrected chi connectivity index (χ0v) is 15.0. The lowest BCUT2D eigenvalue weighted by atomic mass is 10.1. The first kappa shape index (κ1) is 17.5. The molecule has 0 spiro atoms. The van der Waals surface area contributed by atoms with Gasteiger partial charge in [-0.3, -0.25) is 4.79 Å². The average molecular weight is 351 g/mol. The molecule has 3 aromatic rings. The Morgan fingerprint density at radius 1 is 1.08 bits per heavy atom. The van der Waals surface area contributed by atoms with Gasteiger partial charge in [0.1, 0.15) is 0 Å². The van der Waals surface area contributed by atoms with Gasteiger partial charge >= 0.3 is 0 Å². The minimum Gasteiger partial charge on any atom is -0.493 e. The minimum absolute atomic E-state index is 0.186. The van der Waals surface area contributed by atoms with Crippen molar-refractivity contribution in [1.82, 2.24) is 15.1 Å². The van der Waals surface area contributed by atoms with Gasteiger partial charge in [-0.25, -0.2) is 4.68 Å². The van der Waals surface area contributed by atoms with Crippen LogP contribution in [0.15, 0.2) is 54.7 Å². The zero-order valence-electron chi connectivity index (χ0n) is 15.0. The number of carbonyl (C=O) groups is 1. The molecule has 2 aromatic carbocycles. The van der Waals surface area contributed by atoms with E-state index in [9.17, 15) is 4.79 Å². The molecule has 0 saturated carbocycles. The van der Waals surface area contributed by atoms with Crippen molar-refractivity contribution >= 4 is 5.91 Å². The Morgan fingerprint density at radius 3 is 2.54 bits per heavy atom. The highest BCUT2D eigenvalue weighted by molar-refractivity contribution is 5.95. The maximum Gasteiger partial charge on any atom is 0.255 e. The van der Waals surface area contributed by atoms with E-state index in [2.05, 4.69) is 10.4 Å². The summed E-state index contributed by atoms with van der Waals surface area (Å²) in [5.74, 6) is 1.06. The summed E-state index contributed by atoms with van der Waals surface area (Å²) in [7, 11) is 3.17. The first-order valence-electron chi connectivity index (χ1n) is 8.23. The van der Waals surface area contributed by atoms with E-state index in [-0.39, 0.29) is 5.91 Å². The van der Waals surface area contributed by atoms with E-state index in [0.717, 1.165) is 16.9 Å². The molecule has 1 heterocycles. The highest BCUT2D eigenvalue weighted by atomic mass is 16.5. The lowest BCUT2D eigenvalue weighted by Gasteiger charge is -2.13. The molecule has 3 rings (SSSR count). The third-order valence-corrected chi connectivity index (χ3v) is 4.18. The second-order valence-corrected chi connectivity index (χ2v) is 5.73. The summed E-state index contributed by atoms with van der Waals surface area (Å²) in [6.45, 7) is 2.20. The summed E-state index contributed by atoms with van der Waals surface area (Å²) in [5, 5.41) is 7.25. The smallest absolute Gasteiger partial charge is 0.255 e. The Labute approximate surface area is 152 Å². The molecule has 0 fully saturated rings. The quantitative estimate of drug-likeness (QED) is 0.741. The molecule has 1 amide bonds. The fourth-order valence-electron chi connectivity index (χ4n) is 2.83. The molecule has 1 N–H and O–H groups in total. The molecule has 0 radical (unpaired) electrons. The third kappa shape index (κ3) is 3.39. The van der Waals surface area contributed by atoms with E-state index in [0.29, 0.717) is 23.6 Å². The summed E-state index contributed by atoms with van der Waals surface area (Å²) in [6, 6.07) is 15.3. The molecule has 0 saturated heterocycles. The van der Waals surface area contributed by atoms with Gasteiger partial charge in [-0.1, -0.05) is 30.3 Å². The van der Waals surface area contributed by atoms with E-state index in [4.69, 9.17) is 9.47 Å². The highest BCUT2D eigenvalue weighted by Gasteiger charge is 2.16. The Kier molecular flexibility index (Phi) is 5.22. The Hall–Kier alpha value is -3.28. The molecule has 0 bridgehead atoms. The maximum atomic E-state index is 12.6. The maximum absolute atomic E-state index is 12.6. The van der Waals surface area contributed by atoms with Gasteiger partial charge < -0.3 is 14.8 Å². The van der Waals surface area contributed by atoms with Gasteiger partial charge in [0.2, 0.25) is 0 Å². The number of ether oxygens (including phenoxy) is 2. The van der Waals surface area contributed by atoms with Crippen molar-refractivity contribution in [3.8, 4) is 17.2 Å². The standard InChI is InChI=1S/C20H21N3O3/c1-14-17(13-22-23(14)16-9-5-4-6-10-16)20(24)21-12-15-8-7-11-18(25-2)19(15)26-3/h4-11,13H,12H2,1-3H3,(H,21,24). The summed E-state index contributed by atoms with van der Waals surface area (Å²) < 4.78 is 12.4. The van der Waals surface area contributed by atoms with Crippen molar-refractivity contribution in [2.24, 2.45) is 0 Å². The van der Waals surface area contributed by atoms with E-state index in [1.165, 1.54) is 0 Å². The Balaban J connectivity index is 1.77. The monoisotopic (exact) mass is 351 g/mol. The van der Waals surface area contributed by atoms with Gasteiger partial charge in [0.15, 0.2) is 11.5 Å². The molecule has 1 aromatic heterocycles. The van der Waals surface area contributed by atoms with Crippen LogP contribution >= 0.6 is 0 Å². The highest BCUT2D eigenvalue weighted by Crippen LogP contribution is 2.30. The first-order chi connectivity index (χ1) is 12.7. The number of rotatable bonds is 6. The van der Waals surface area contributed by atoms with Gasteiger partial charge in [-0.15, -0.1) is 0 Å². The molecule has 134 valence electrons. The molecule has 6 heteroatoms. The first-order valence-corrected chi connectivity index (χ1v) is 8.23. The topological polar surface area (TPSA) is 65.4 Å². The van der Waals surface area contributed by atoms with Crippen molar-refractivity contribution in [1.29, 1.82) is 0 Å². The SMILES string of the molecule is COc1cccc(CNC(=O)c2cnn(-c3ccccc3)c2C)c1OC. The number of hydrogen-bond donors (Lipinski definition) is 1. The van der Waals surface area contributed by atoms with E-state index in [1.807, 2.05) is 55.5 Å². The Morgan fingerprint density at radius 2 is 1.85 bits per heavy atom. The number of methoxy groups -OCH3 is 2. The van der Waals surface area contributed by atoms with Crippen LogP contribution in [0, 0.1) is 6.92 Å². The van der Waals surface area contributed by atoms with Gasteiger partial charge in [0.25, 0.3) is 5.91 Å². The van der Waals surface area contributed by atoms with Crippen LogP contribution in [-0.4, -0.2) is 29.9 Å². The van der Waals surface area contributed by atoms with Crippen molar-refractivity contribution in [2.45, 2.75) is 13.5 Å². The number of benzene rings is 2. The normalized spacial score (nSPS) is 10.4. The molecule has 0 aliphatic heterocycles. The van der Waals surface area contributed by atoms with E-state index in [1.54, 1.807) is 25.1 Å². The second kappa shape index (κ2) is 7.74. The van der Waals surface area contributed by atoms with Crippen molar-refractivity contribution in [2.75, 3.05) is 14.2 Å². The van der Waals surface area contributed by atoms with Crippen LogP contribution in [0.5, 0.6) is 11.5 Å². The molecule has 0 aliphatic carbocycles. The summed E-state index contributed by atoms with van der Waals surface area (Å²) >= 11 is 0. The fraction of sp³-hybridized carbons (Fsp3) is 0.200. The summed E-state index contributed by atoms with van der Waals surface area (Å²) in [4.78, 5) is 12.6. The predicted molar refractivity (Wildman–Crippen MR) is 99.0 cm³/mol. The number of carbonyl (C=O) groups excluding carboxylic acids is 1. The fourth-order valence-corrected chi connectivity index (χ4v) is 2.83. The summed E-state index contributed by atoms with van der Waals surface area (Å²) in [6.07, 6.45) is 1.58. The van der Waals surface area contributed by atoms with Gasteiger partial charge in [-0.05, 0) is 25.1 Å². The largest absolute Gasteiger partial charge is 0.493 e. The molecule has 0 aliphatic rings. The van der Waals surface area contributed by atoms with Crippen LogP contribution in [0.4, 0.5) is 0 Å². The number of nitrogens with one attached hydrogen (secondary N) is 1. The van der Waals surface area contributed by atoms with Gasteiger partial charge in [0.05, 0.1) is 37.4 Å².